The number of aromatic nitrogens is 4. The van der Waals surface area contributed by atoms with Gasteiger partial charge in [-0.1, -0.05) is 13.0 Å². The maximum atomic E-state index is 6.33. The van der Waals surface area contributed by atoms with E-state index in [0.717, 1.165) is 23.5 Å². The van der Waals surface area contributed by atoms with E-state index in [4.69, 9.17) is 5.73 Å². The lowest BCUT2D eigenvalue weighted by Gasteiger charge is -2.18. The summed E-state index contributed by atoms with van der Waals surface area (Å²) in [6, 6.07) is 1.92. The zero-order chi connectivity index (χ0) is 14.3. The van der Waals surface area contributed by atoms with Gasteiger partial charge in [0.15, 0.2) is 5.82 Å². The molecule has 0 saturated carbocycles. The molecule has 0 bridgehead atoms. The summed E-state index contributed by atoms with van der Waals surface area (Å²) in [4.78, 5) is 0. The molecule has 0 amide bonds. The van der Waals surface area contributed by atoms with Crippen LogP contribution in [0.3, 0.4) is 0 Å². The van der Waals surface area contributed by atoms with Crippen LogP contribution in [0.5, 0.6) is 0 Å². The number of aryl methyl sites for hydroxylation is 2. The lowest BCUT2D eigenvalue weighted by Crippen LogP contribution is -2.06. The van der Waals surface area contributed by atoms with E-state index in [2.05, 4.69) is 23.2 Å². The topological polar surface area (TPSA) is 61.7 Å². The highest BCUT2D eigenvalue weighted by Gasteiger charge is 2.20. The van der Waals surface area contributed by atoms with Crippen molar-refractivity contribution in [2.24, 2.45) is 13.0 Å². The zero-order valence-corrected chi connectivity index (χ0v) is 12.3. The minimum Gasteiger partial charge on any atom is -0.383 e. The van der Waals surface area contributed by atoms with Gasteiger partial charge in [0.2, 0.25) is 0 Å². The monoisotopic (exact) mass is 271 g/mol. The number of nitrogens with zero attached hydrogens (tertiary/aromatic N) is 4. The maximum Gasteiger partial charge on any atom is 0.177 e. The smallest absolute Gasteiger partial charge is 0.177 e. The Morgan fingerprint density at radius 2 is 2.15 bits per heavy atom. The molecule has 0 aliphatic heterocycles. The lowest BCUT2D eigenvalue weighted by molar-refractivity contribution is 0.592. The predicted octanol–water partition coefficient (Wildman–Crippen LogP) is 2.70. The van der Waals surface area contributed by atoms with Crippen molar-refractivity contribution in [2.45, 2.75) is 33.1 Å². The van der Waals surface area contributed by atoms with Crippen molar-refractivity contribution in [3.8, 4) is 5.82 Å². The average molecular weight is 271 g/mol. The van der Waals surface area contributed by atoms with E-state index in [9.17, 15) is 0 Å². The van der Waals surface area contributed by atoms with Crippen LogP contribution in [-0.4, -0.2) is 19.6 Å². The van der Waals surface area contributed by atoms with Crippen molar-refractivity contribution in [2.75, 3.05) is 5.73 Å². The average Bonchev–Trinajstić information content (AvgIpc) is 2.93. The summed E-state index contributed by atoms with van der Waals surface area (Å²) < 4.78 is 3.50. The second kappa shape index (κ2) is 4.81. The van der Waals surface area contributed by atoms with E-state index in [1.165, 1.54) is 18.4 Å². The number of hydrogen-bond acceptors (Lipinski definition) is 3. The number of nitrogen functional groups attached to an aromatic ring is 1. The maximum absolute atomic E-state index is 6.33. The van der Waals surface area contributed by atoms with Gasteiger partial charge in [-0.2, -0.15) is 14.9 Å². The fourth-order valence-electron chi connectivity index (χ4n) is 2.97. The van der Waals surface area contributed by atoms with Crippen LogP contribution in [0.4, 0.5) is 5.82 Å². The van der Waals surface area contributed by atoms with Crippen LogP contribution in [0.25, 0.3) is 11.4 Å². The molecule has 1 atom stereocenters. The molecule has 1 unspecified atom stereocenters. The first-order chi connectivity index (χ1) is 9.56. The highest BCUT2D eigenvalue weighted by Crippen LogP contribution is 2.35. The van der Waals surface area contributed by atoms with Crippen molar-refractivity contribution in [3.05, 3.63) is 29.6 Å². The second-order valence-corrected chi connectivity index (χ2v) is 5.67. The molecule has 106 valence electrons. The van der Waals surface area contributed by atoms with Gasteiger partial charge in [0, 0.05) is 24.9 Å². The first-order valence-corrected chi connectivity index (χ1v) is 7.12. The quantitative estimate of drug-likeness (QED) is 0.913. The molecular formula is C15H21N5. The Labute approximate surface area is 119 Å². The van der Waals surface area contributed by atoms with Crippen molar-refractivity contribution < 1.29 is 0 Å². The van der Waals surface area contributed by atoms with E-state index in [1.807, 2.05) is 26.2 Å². The van der Waals surface area contributed by atoms with Gasteiger partial charge in [-0.05, 0) is 37.7 Å². The van der Waals surface area contributed by atoms with Crippen LogP contribution in [-0.2, 0) is 7.05 Å². The molecule has 2 N–H and O–H groups in total. The van der Waals surface area contributed by atoms with Gasteiger partial charge in [0.25, 0.3) is 0 Å². The van der Waals surface area contributed by atoms with E-state index in [0.29, 0.717) is 11.7 Å². The molecule has 0 radical (unpaired) electrons. The zero-order valence-electron chi connectivity index (χ0n) is 12.3. The molecule has 2 heterocycles. The van der Waals surface area contributed by atoms with E-state index < -0.39 is 0 Å². The van der Waals surface area contributed by atoms with Gasteiger partial charge in [-0.25, -0.2) is 0 Å². The molecule has 2 aromatic rings. The fourth-order valence-corrected chi connectivity index (χ4v) is 2.97. The minimum absolute atomic E-state index is 0.621. The third-order valence-corrected chi connectivity index (χ3v) is 3.93. The number of allylic oxidation sites excluding steroid dienone is 2. The van der Waals surface area contributed by atoms with Gasteiger partial charge < -0.3 is 5.73 Å². The molecule has 20 heavy (non-hydrogen) atoms. The molecule has 0 fully saturated rings. The van der Waals surface area contributed by atoms with Gasteiger partial charge >= 0.3 is 0 Å². The molecule has 0 saturated heterocycles. The second-order valence-electron chi connectivity index (χ2n) is 5.67. The Kier molecular flexibility index (Phi) is 3.12. The fraction of sp³-hybridized carbons (Fsp3) is 0.467. The summed E-state index contributed by atoms with van der Waals surface area (Å²) in [6.07, 6.45) is 7.81. The highest BCUT2D eigenvalue weighted by atomic mass is 15.4. The molecule has 0 aromatic carbocycles. The largest absolute Gasteiger partial charge is 0.383 e. The molecule has 2 aromatic heterocycles. The van der Waals surface area contributed by atoms with Crippen molar-refractivity contribution >= 4 is 11.4 Å². The number of nitrogens with two attached hydrogens (primary N) is 1. The van der Waals surface area contributed by atoms with Crippen LogP contribution in [0.15, 0.2) is 18.3 Å². The molecule has 1 aliphatic rings. The number of rotatable bonds is 2. The van der Waals surface area contributed by atoms with Crippen molar-refractivity contribution in [1.82, 2.24) is 19.6 Å². The molecule has 5 nitrogen and oxygen atoms in total. The van der Waals surface area contributed by atoms with Crippen molar-refractivity contribution in [3.63, 3.8) is 0 Å². The summed E-state index contributed by atoms with van der Waals surface area (Å²) in [5, 5.41) is 8.94. The minimum atomic E-state index is 0.621. The number of anilines is 1. The third kappa shape index (κ3) is 2.13. The molecule has 1 aliphatic carbocycles. The first kappa shape index (κ1) is 13.0. The SMILES string of the molecule is Cc1nn(-c2ccn(C)n2)c(N)c1C1=CC(C)CCC1. The summed E-state index contributed by atoms with van der Waals surface area (Å²) in [5.41, 5.74) is 9.75. The third-order valence-electron chi connectivity index (χ3n) is 3.93. The Balaban J connectivity index is 2.07. The normalized spacial score (nSPS) is 19.1. The summed E-state index contributed by atoms with van der Waals surface area (Å²) in [5.74, 6) is 2.08. The molecular weight excluding hydrogens is 250 g/mol. The van der Waals surface area contributed by atoms with Crippen LogP contribution in [0.1, 0.15) is 37.4 Å². The van der Waals surface area contributed by atoms with Crippen LogP contribution in [0.2, 0.25) is 0 Å². The standard InChI is InChI=1S/C15H21N5/c1-10-5-4-6-12(9-10)14-11(2)17-20(15(14)16)13-7-8-19(3)18-13/h7-10H,4-6,16H2,1-3H3. The molecule has 3 rings (SSSR count). The van der Waals surface area contributed by atoms with Gasteiger partial charge in [-0.15, -0.1) is 0 Å². The first-order valence-electron chi connectivity index (χ1n) is 7.12. The Morgan fingerprint density at radius 1 is 1.35 bits per heavy atom. The van der Waals surface area contributed by atoms with E-state index in [-0.39, 0.29) is 0 Å². The van der Waals surface area contributed by atoms with Crippen LogP contribution < -0.4 is 5.73 Å². The predicted molar refractivity (Wildman–Crippen MR) is 80.5 cm³/mol. The Morgan fingerprint density at radius 3 is 2.80 bits per heavy atom. The number of hydrogen-bond donors (Lipinski definition) is 1. The van der Waals surface area contributed by atoms with Crippen LogP contribution in [0, 0.1) is 12.8 Å². The van der Waals surface area contributed by atoms with Gasteiger partial charge in [-0.3, -0.25) is 4.68 Å². The van der Waals surface area contributed by atoms with Gasteiger partial charge in [0.1, 0.15) is 5.82 Å². The lowest BCUT2D eigenvalue weighted by atomic mass is 9.88. The van der Waals surface area contributed by atoms with E-state index in [1.54, 1.807) is 9.36 Å². The van der Waals surface area contributed by atoms with Crippen LogP contribution >= 0.6 is 0 Å². The highest BCUT2D eigenvalue weighted by molar-refractivity contribution is 5.76. The Bertz CT molecular complexity index is 662. The summed E-state index contributed by atoms with van der Waals surface area (Å²) in [7, 11) is 1.89. The molecule has 0 spiro atoms. The Hall–Kier alpha value is -2.04. The van der Waals surface area contributed by atoms with Gasteiger partial charge in [0.05, 0.1) is 5.69 Å². The summed E-state index contributed by atoms with van der Waals surface area (Å²) >= 11 is 0. The summed E-state index contributed by atoms with van der Waals surface area (Å²) in [6.45, 7) is 4.28. The molecule has 5 heteroatoms. The van der Waals surface area contributed by atoms with E-state index >= 15 is 0 Å². The van der Waals surface area contributed by atoms with Crippen molar-refractivity contribution in [1.29, 1.82) is 0 Å².